The largest absolute Gasteiger partial charge is 0.501 e. The molecule has 7 heteroatoms. The summed E-state index contributed by atoms with van der Waals surface area (Å²) >= 11 is 0. The number of hydrogen-bond donors (Lipinski definition) is 0. The predicted molar refractivity (Wildman–Crippen MR) is 49.0 cm³/mol. The molecule has 0 aliphatic carbocycles. The van der Waals surface area contributed by atoms with Crippen molar-refractivity contribution >= 4 is 9.84 Å². The van der Waals surface area contributed by atoms with E-state index in [9.17, 15) is 21.6 Å². The molecule has 86 valence electrons. The first-order valence-electron chi connectivity index (χ1n) is 4.06. The molecule has 0 saturated carbocycles. The fraction of sp³-hybridized carbons (Fsp3) is 0.222. The Morgan fingerprint density at radius 2 is 1.69 bits per heavy atom. The van der Waals surface area contributed by atoms with Crippen molar-refractivity contribution in [1.29, 1.82) is 5.26 Å². The summed E-state index contributed by atoms with van der Waals surface area (Å²) in [6.45, 7) is 0. The van der Waals surface area contributed by atoms with Crippen LogP contribution in [0.5, 0.6) is 0 Å². The lowest BCUT2D eigenvalue weighted by atomic mass is 10.2. The number of benzene rings is 1. The van der Waals surface area contributed by atoms with Crippen molar-refractivity contribution in [3.05, 3.63) is 29.8 Å². The molecule has 0 unspecified atom stereocenters. The second-order valence-electron chi connectivity index (χ2n) is 2.93. The lowest BCUT2D eigenvalue weighted by molar-refractivity contribution is -0.0436. The molecule has 3 nitrogen and oxygen atoms in total. The summed E-state index contributed by atoms with van der Waals surface area (Å²) in [5, 5.41) is 8.33. The summed E-state index contributed by atoms with van der Waals surface area (Å²) in [6.07, 6.45) is 0.0202. The topological polar surface area (TPSA) is 57.9 Å². The van der Waals surface area contributed by atoms with Gasteiger partial charge < -0.3 is 0 Å². The maximum atomic E-state index is 12.1. The fourth-order valence-electron chi connectivity index (χ4n) is 1.01. The summed E-state index contributed by atoms with van der Waals surface area (Å²) in [4.78, 5) is -0.818. The first-order chi connectivity index (χ1) is 7.29. The summed E-state index contributed by atoms with van der Waals surface area (Å²) < 4.78 is 58.2. The van der Waals surface area contributed by atoms with E-state index in [4.69, 9.17) is 5.26 Å². The van der Waals surface area contributed by atoms with Crippen molar-refractivity contribution in [1.82, 2.24) is 0 Å². The standard InChI is InChI=1S/C9H6F3NO2S/c10-9(11,12)16(14,15)8-3-1-7(2-4-8)5-6-13/h1-4H,5H2. The first-order valence-corrected chi connectivity index (χ1v) is 5.54. The molecule has 0 atom stereocenters. The second-order valence-corrected chi connectivity index (χ2v) is 4.87. The highest BCUT2D eigenvalue weighted by molar-refractivity contribution is 7.92. The summed E-state index contributed by atoms with van der Waals surface area (Å²) in [6, 6.07) is 5.85. The predicted octanol–water partition coefficient (Wildman–Crippen LogP) is 2.05. The van der Waals surface area contributed by atoms with Gasteiger partial charge in [0.15, 0.2) is 0 Å². The number of nitriles is 1. The number of alkyl halides is 3. The average Bonchev–Trinajstić information content (AvgIpc) is 2.17. The monoisotopic (exact) mass is 249 g/mol. The third kappa shape index (κ3) is 2.33. The van der Waals surface area contributed by atoms with Crippen molar-refractivity contribution in [3.8, 4) is 6.07 Å². The highest BCUT2D eigenvalue weighted by atomic mass is 32.2. The molecular weight excluding hydrogens is 243 g/mol. The minimum atomic E-state index is -5.30. The molecule has 1 aromatic carbocycles. The number of sulfone groups is 1. The van der Waals surface area contributed by atoms with E-state index in [2.05, 4.69) is 0 Å². The van der Waals surface area contributed by atoms with Crippen molar-refractivity contribution in [2.45, 2.75) is 16.8 Å². The number of nitrogens with zero attached hydrogens (tertiary/aromatic N) is 1. The Morgan fingerprint density at radius 3 is 2.06 bits per heavy atom. The Morgan fingerprint density at radius 1 is 1.19 bits per heavy atom. The van der Waals surface area contributed by atoms with Crippen LogP contribution in [0.15, 0.2) is 29.2 Å². The molecule has 0 aliphatic heterocycles. The van der Waals surface area contributed by atoms with Crippen LogP contribution in [0.25, 0.3) is 0 Å². The van der Waals surface area contributed by atoms with E-state index in [0.29, 0.717) is 5.56 Å². The van der Waals surface area contributed by atoms with Crippen LogP contribution in [0.1, 0.15) is 5.56 Å². The Kier molecular flexibility index (Phi) is 3.24. The molecule has 0 saturated heterocycles. The van der Waals surface area contributed by atoms with Crippen LogP contribution in [0.4, 0.5) is 13.2 Å². The summed E-state index contributed by atoms with van der Waals surface area (Å²) in [5.74, 6) is 0. The van der Waals surface area contributed by atoms with Gasteiger partial charge in [0, 0.05) is 0 Å². The molecule has 1 aromatic rings. The number of hydrogen-bond acceptors (Lipinski definition) is 3. The van der Waals surface area contributed by atoms with Crippen LogP contribution < -0.4 is 0 Å². The normalized spacial score (nSPS) is 12.1. The fourth-order valence-corrected chi connectivity index (χ4v) is 1.77. The highest BCUT2D eigenvalue weighted by Crippen LogP contribution is 2.30. The Balaban J connectivity index is 3.14. The van der Waals surface area contributed by atoms with Gasteiger partial charge >= 0.3 is 5.51 Å². The van der Waals surface area contributed by atoms with Gasteiger partial charge in [0.1, 0.15) is 0 Å². The van der Waals surface area contributed by atoms with E-state index in [0.717, 1.165) is 12.1 Å². The molecule has 1 rings (SSSR count). The number of rotatable bonds is 2. The molecule has 0 amide bonds. The third-order valence-corrected chi connectivity index (χ3v) is 3.32. The molecule has 0 aliphatic rings. The zero-order chi connectivity index (χ0) is 12.4. The van der Waals surface area contributed by atoms with Crippen molar-refractivity contribution < 1.29 is 21.6 Å². The van der Waals surface area contributed by atoms with Gasteiger partial charge in [0.05, 0.1) is 17.4 Å². The van der Waals surface area contributed by atoms with E-state index in [-0.39, 0.29) is 6.42 Å². The first kappa shape index (κ1) is 12.5. The van der Waals surface area contributed by atoms with Crippen LogP contribution >= 0.6 is 0 Å². The van der Waals surface area contributed by atoms with Gasteiger partial charge in [-0.2, -0.15) is 18.4 Å². The lowest BCUT2D eigenvalue weighted by Crippen LogP contribution is -2.23. The summed E-state index contributed by atoms with van der Waals surface area (Å²) in [7, 11) is -5.29. The van der Waals surface area contributed by atoms with Gasteiger partial charge in [0.25, 0.3) is 9.84 Å². The van der Waals surface area contributed by atoms with E-state index in [1.807, 2.05) is 0 Å². The van der Waals surface area contributed by atoms with Gasteiger partial charge in [-0.15, -0.1) is 0 Å². The third-order valence-electron chi connectivity index (χ3n) is 1.82. The van der Waals surface area contributed by atoms with E-state index in [1.54, 1.807) is 6.07 Å². The van der Waals surface area contributed by atoms with E-state index in [1.165, 1.54) is 12.1 Å². The maximum absolute atomic E-state index is 12.1. The van der Waals surface area contributed by atoms with Gasteiger partial charge in [-0.25, -0.2) is 8.42 Å². The minimum Gasteiger partial charge on any atom is -0.214 e. The zero-order valence-electron chi connectivity index (χ0n) is 7.82. The van der Waals surface area contributed by atoms with E-state index < -0.39 is 20.2 Å². The Labute approximate surface area is 90.0 Å². The van der Waals surface area contributed by atoms with Crippen molar-refractivity contribution in [2.24, 2.45) is 0 Å². The SMILES string of the molecule is N#CCc1ccc(S(=O)(=O)C(F)(F)F)cc1. The van der Waals surface area contributed by atoms with Crippen LogP contribution in [-0.4, -0.2) is 13.9 Å². The maximum Gasteiger partial charge on any atom is 0.501 e. The molecular formula is C9H6F3NO2S. The highest BCUT2D eigenvalue weighted by Gasteiger charge is 2.46. The smallest absolute Gasteiger partial charge is 0.214 e. The Bertz CT molecular complexity index is 511. The number of halogens is 3. The van der Waals surface area contributed by atoms with Crippen LogP contribution in [-0.2, 0) is 16.3 Å². The minimum absolute atomic E-state index is 0.0202. The molecule has 0 N–H and O–H groups in total. The van der Waals surface area contributed by atoms with Gasteiger partial charge in [-0.1, -0.05) is 12.1 Å². The summed E-state index contributed by atoms with van der Waals surface area (Å²) in [5.41, 5.74) is -4.84. The molecule has 0 fully saturated rings. The van der Waals surface area contributed by atoms with Gasteiger partial charge in [0.2, 0.25) is 0 Å². The molecule has 16 heavy (non-hydrogen) atoms. The van der Waals surface area contributed by atoms with Crippen molar-refractivity contribution in [2.75, 3.05) is 0 Å². The zero-order valence-corrected chi connectivity index (χ0v) is 8.64. The molecule has 0 aromatic heterocycles. The van der Waals surface area contributed by atoms with Crippen LogP contribution in [0.3, 0.4) is 0 Å². The lowest BCUT2D eigenvalue weighted by Gasteiger charge is -2.07. The second kappa shape index (κ2) is 4.14. The van der Waals surface area contributed by atoms with Gasteiger partial charge in [-0.05, 0) is 17.7 Å². The van der Waals surface area contributed by atoms with Crippen LogP contribution in [0, 0.1) is 11.3 Å². The van der Waals surface area contributed by atoms with Gasteiger partial charge in [-0.3, -0.25) is 0 Å². The molecule has 0 radical (unpaired) electrons. The quantitative estimate of drug-likeness (QED) is 0.805. The van der Waals surface area contributed by atoms with Crippen molar-refractivity contribution in [3.63, 3.8) is 0 Å². The molecule has 0 spiro atoms. The van der Waals surface area contributed by atoms with E-state index >= 15 is 0 Å². The molecule has 0 heterocycles. The molecule has 0 bridgehead atoms. The Hall–Kier alpha value is -1.55. The average molecular weight is 249 g/mol. The van der Waals surface area contributed by atoms with Crippen LogP contribution in [0.2, 0.25) is 0 Å².